The number of hydrogen-bond acceptors (Lipinski definition) is 9. The summed E-state index contributed by atoms with van der Waals surface area (Å²) in [6.07, 6.45) is -1.30. The first-order valence-corrected chi connectivity index (χ1v) is 9.21. The molecule has 12 heteroatoms. The van der Waals surface area contributed by atoms with Crippen LogP contribution in [0.15, 0.2) is 72.8 Å². The summed E-state index contributed by atoms with van der Waals surface area (Å²) in [5.41, 5.74) is -2.46. The lowest BCUT2D eigenvalue weighted by molar-refractivity contribution is -0.402. The van der Waals surface area contributed by atoms with Gasteiger partial charge in [-0.25, -0.2) is 5.01 Å². The number of nitro benzene ring substituents is 3. The van der Waals surface area contributed by atoms with E-state index in [9.17, 15) is 35.4 Å². The van der Waals surface area contributed by atoms with Crippen molar-refractivity contribution in [3.63, 3.8) is 0 Å². The van der Waals surface area contributed by atoms with E-state index in [0.29, 0.717) is 17.8 Å². The Morgan fingerprint density at radius 2 is 1.19 bits per heavy atom. The molecule has 0 saturated carbocycles. The molecule has 3 rings (SSSR count). The number of nitro groups is 3. The normalized spacial score (nSPS) is 11.4. The number of benzene rings is 3. The average molecular weight is 439 g/mol. The lowest BCUT2D eigenvalue weighted by Gasteiger charge is -2.39. The number of para-hydroxylation sites is 2. The molecular weight excluding hydrogens is 422 g/mol. The lowest BCUT2D eigenvalue weighted by atomic mass is 10.1. The number of hydrogen-bond donors (Lipinski definition) is 1. The molecule has 0 saturated heterocycles. The van der Waals surface area contributed by atoms with Gasteiger partial charge in [-0.1, -0.05) is 36.4 Å². The minimum absolute atomic E-state index is 0.248. The van der Waals surface area contributed by atoms with Crippen LogP contribution in [0.1, 0.15) is 6.92 Å². The summed E-state index contributed by atoms with van der Waals surface area (Å²) in [5, 5.41) is 48.0. The van der Waals surface area contributed by atoms with Crippen molar-refractivity contribution in [1.29, 1.82) is 0 Å². The second kappa shape index (κ2) is 9.06. The van der Waals surface area contributed by atoms with Gasteiger partial charge >= 0.3 is 11.4 Å². The Morgan fingerprint density at radius 1 is 0.750 bits per heavy atom. The number of nitrogens with zero attached hydrogens (tertiary/aromatic N) is 5. The summed E-state index contributed by atoms with van der Waals surface area (Å²) in [5.74, 6) is 0. The molecule has 0 bridgehead atoms. The summed E-state index contributed by atoms with van der Waals surface area (Å²) in [4.78, 5) is 32.2. The molecule has 164 valence electrons. The lowest BCUT2D eigenvalue weighted by Crippen LogP contribution is -2.46. The van der Waals surface area contributed by atoms with Gasteiger partial charge in [-0.3, -0.25) is 35.4 Å². The summed E-state index contributed by atoms with van der Waals surface area (Å²) in [6.45, 7) is 1.38. The topological polar surface area (TPSA) is 156 Å². The van der Waals surface area contributed by atoms with Crippen molar-refractivity contribution in [2.45, 2.75) is 13.2 Å². The van der Waals surface area contributed by atoms with Crippen molar-refractivity contribution in [3.8, 4) is 0 Å². The van der Waals surface area contributed by atoms with Crippen LogP contribution < -0.4 is 10.0 Å². The maximum atomic E-state index is 11.9. The van der Waals surface area contributed by atoms with Crippen LogP contribution >= 0.6 is 0 Å². The third-order valence-corrected chi connectivity index (χ3v) is 4.46. The van der Waals surface area contributed by atoms with E-state index in [4.69, 9.17) is 0 Å². The Balaban J connectivity index is 2.44. The van der Waals surface area contributed by atoms with Gasteiger partial charge < -0.3 is 5.11 Å². The van der Waals surface area contributed by atoms with E-state index >= 15 is 0 Å². The summed E-state index contributed by atoms with van der Waals surface area (Å²) >= 11 is 0. The fourth-order valence-corrected chi connectivity index (χ4v) is 3.20. The van der Waals surface area contributed by atoms with Gasteiger partial charge in [-0.15, -0.1) is 0 Å². The van der Waals surface area contributed by atoms with Gasteiger partial charge in [0.1, 0.15) is 6.23 Å². The van der Waals surface area contributed by atoms with E-state index in [-0.39, 0.29) is 5.69 Å². The zero-order valence-corrected chi connectivity index (χ0v) is 16.6. The maximum Gasteiger partial charge on any atom is 0.308 e. The molecule has 12 nitrogen and oxygen atoms in total. The number of non-ortho nitro benzene ring substituents is 1. The Labute approximate surface area is 181 Å². The van der Waals surface area contributed by atoms with Crippen LogP contribution in [0.4, 0.5) is 34.1 Å². The first-order chi connectivity index (χ1) is 15.2. The highest BCUT2D eigenvalue weighted by Crippen LogP contribution is 2.45. The first kappa shape index (κ1) is 22.1. The summed E-state index contributed by atoms with van der Waals surface area (Å²) in [7, 11) is 0. The van der Waals surface area contributed by atoms with Crippen molar-refractivity contribution in [2.24, 2.45) is 0 Å². The molecule has 0 fully saturated rings. The van der Waals surface area contributed by atoms with Crippen LogP contribution in [0, 0.1) is 30.3 Å². The van der Waals surface area contributed by atoms with Gasteiger partial charge in [0.15, 0.2) is 0 Å². The molecule has 0 radical (unpaired) electrons. The second-order valence-corrected chi connectivity index (χ2v) is 6.56. The smallest absolute Gasteiger partial charge is 0.308 e. The third kappa shape index (κ3) is 4.29. The third-order valence-electron chi connectivity index (χ3n) is 4.46. The van der Waals surface area contributed by atoms with Gasteiger partial charge in [-0.2, -0.15) is 0 Å². The molecular formula is C20H17N5O7. The highest BCUT2D eigenvalue weighted by Gasteiger charge is 2.38. The fraction of sp³-hybridized carbons (Fsp3) is 0.100. The molecule has 0 aliphatic carbocycles. The highest BCUT2D eigenvalue weighted by molar-refractivity contribution is 5.85. The van der Waals surface area contributed by atoms with E-state index in [1.165, 1.54) is 24.1 Å². The minimum Gasteiger partial charge on any atom is -0.372 e. The molecule has 1 N–H and O–H groups in total. The molecule has 1 atom stereocenters. The Bertz CT molecular complexity index is 1120. The van der Waals surface area contributed by atoms with Crippen LogP contribution in [0.5, 0.6) is 0 Å². The van der Waals surface area contributed by atoms with Crippen molar-refractivity contribution < 1.29 is 19.9 Å². The van der Waals surface area contributed by atoms with Crippen LogP contribution in [0.3, 0.4) is 0 Å². The van der Waals surface area contributed by atoms with Crippen molar-refractivity contribution >= 4 is 34.1 Å². The molecule has 0 aliphatic rings. The van der Waals surface area contributed by atoms with Crippen LogP contribution in [0.25, 0.3) is 0 Å². The van der Waals surface area contributed by atoms with Crippen LogP contribution in [-0.2, 0) is 0 Å². The summed E-state index contributed by atoms with van der Waals surface area (Å²) in [6, 6.07) is 17.5. The molecule has 1 unspecified atom stereocenters. The number of anilines is 3. The van der Waals surface area contributed by atoms with Gasteiger partial charge in [-0.05, 0) is 31.2 Å². The average Bonchev–Trinajstić information content (AvgIpc) is 2.77. The summed E-state index contributed by atoms with van der Waals surface area (Å²) < 4.78 is 0. The quantitative estimate of drug-likeness (QED) is 0.307. The van der Waals surface area contributed by atoms with E-state index in [0.717, 1.165) is 5.01 Å². The molecule has 0 aliphatic heterocycles. The Morgan fingerprint density at radius 3 is 1.56 bits per heavy atom. The van der Waals surface area contributed by atoms with E-state index < -0.39 is 43.7 Å². The predicted octanol–water partition coefficient (Wildman–Crippen LogP) is 4.31. The Kier molecular flexibility index (Phi) is 6.26. The molecule has 0 aromatic heterocycles. The van der Waals surface area contributed by atoms with Crippen LogP contribution in [0.2, 0.25) is 0 Å². The SMILES string of the molecule is CC(O)N(c1ccccc1)N(c1ccccc1)c1c([N+](=O)[O-])cc([N+](=O)[O-])cc1[N+](=O)[O-]. The largest absolute Gasteiger partial charge is 0.372 e. The molecule has 0 amide bonds. The van der Waals surface area contributed by atoms with Gasteiger partial charge in [0.25, 0.3) is 5.69 Å². The van der Waals surface area contributed by atoms with Gasteiger partial charge in [0.2, 0.25) is 5.69 Å². The molecule has 0 spiro atoms. The predicted molar refractivity (Wildman–Crippen MR) is 116 cm³/mol. The van der Waals surface area contributed by atoms with E-state index in [2.05, 4.69) is 0 Å². The van der Waals surface area contributed by atoms with Gasteiger partial charge in [0, 0.05) is 0 Å². The zero-order valence-electron chi connectivity index (χ0n) is 16.6. The van der Waals surface area contributed by atoms with E-state index in [1.54, 1.807) is 48.5 Å². The molecule has 32 heavy (non-hydrogen) atoms. The van der Waals surface area contributed by atoms with Crippen molar-refractivity contribution in [2.75, 3.05) is 10.0 Å². The van der Waals surface area contributed by atoms with E-state index in [1.807, 2.05) is 0 Å². The fourth-order valence-electron chi connectivity index (χ4n) is 3.20. The molecule has 3 aromatic carbocycles. The van der Waals surface area contributed by atoms with Gasteiger partial charge in [0.05, 0.1) is 38.3 Å². The van der Waals surface area contributed by atoms with Crippen molar-refractivity contribution in [3.05, 3.63) is 103 Å². The number of aliphatic hydroxyl groups is 1. The molecule has 0 heterocycles. The number of hydrazine groups is 1. The zero-order chi connectivity index (χ0) is 23.4. The second-order valence-electron chi connectivity index (χ2n) is 6.56. The highest BCUT2D eigenvalue weighted by atomic mass is 16.6. The maximum absolute atomic E-state index is 11.9. The van der Waals surface area contributed by atoms with Crippen LogP contribution in [-0.4, -0.2) is 26.1 Å². The monoisotopic (exact) mass is 439 g/mol. The Hall–Kier alpha value is -4.58. The standard InChI is InChI=1S/C20H17N5O7/c1-14(26)21(15-8-4-2-5-9-15)22(16-10-6-3-7-11-16)20-18(24(29)30)12-17(23(27)28)13-19(20)25(31)32/h2-14,26H,1H3. The number of aliphatic hydroxyl groups excluding tert-OH is 1. The minimum atomic E-state index is -1.30. The molecule has 3 aromatic rings. The number of rotatable bonds is 8. The first-order valence-electron chi connectivity index (χ1n) is 9.21. The van der Waals surface area contributed by atoms with Crippen molar-refractivity contribution in [1.82, 2.24) is 0 Å².